The van der Waals surface area contributed by atoms with Crippen LogP contribution in [-0.4, -0.2) is 31.2 Å². The zero-order chi connectivity index (χ0) is 17.5. The Balaban J connectivity index is 1.84. The Morgan fingerprint density at radius 1 is 0.750 bits per heavy atom. The molecule has 7 heteroatoms. The fourth-order valence-electron chi connectivity index (χ4n) is 1.76. The average Bonchev–Trinajstić information content (AvgIpc) is 2.54. The third-order valence-electron chi connectivity index (χ3n) is 2.93. The van der Waals surface area contributed by atoms with Crippen molar-refractivity contribution in [2.75, 3.05) is 13.1 Å². The first-order valence-electron chi connectivity index (χ1n) is 6.92. The van der Waals surface area contributed by atoms with E-state index in [0.29, 0.717) is 11.1 Å². The zero-order valence-electron chi connectivity index (χ0n) is 12.4. The van der Waals surface area contributed by atoms with Crippen molar-refractivity contribution in [3.63, 3.8) is 0 Å². The minimum Gasteiger partial charge on any atom is -0.306 e. The van der Waals surface area contributed by atoms with E-state index in [9.17, 15) is 17.6 Å². The van der Waals surface area contributed by atoms with Crippen molar-refractivity contribution in [2.24, 2.45) is 9.98 Å². The van der Waals surface area contributed by atoms with E-state index in [2.05, 4.69) is 9.98 Å². The molecule has 0 radical (unpaired) electrons. The standard InChI is InChI=1S/C17H13F4N3/c18-14-3-1-11(5-16(14)20)7-23-9-13(22)10-24-8-12-2-4-15(19)17(21)6-12/h1-8,22H,9-10H2. The van der Waals surface area contributed by atoms with Crippen LogP contribution in [0.4, 0.5) is 17.6 Å². The van der Waals surface area contributed by atoms with Crippen molar-refractivity contribution in [1.29, 1.82) is 5.41 Å². The number of nitrogens with zero attached hydrogens (tertiary/aromatic N) is 2. The summed E-state index contributed by atoms with van der Waals surface area (Å²) in [6, 6.07) is 6.73. The van der Waals surface area contributed by atoms with E-state index in [1.165, 1.54) is 24.6 Å². The summed E-state index contributed by atoms with van der Waals surface area (Å²) in [7, 11) is 0. The monoisotopic (exact) mass is 335 g/mol. The summed E-state index contributed by atoms with van der Waals surface area (Å²) in [6.07, 6.45) is 2.66. The van der Waals surface area contributed by atoms with E-state index in [4.69, 9.17) is 5.41 Å². The Morgan fingerprint density at radius 3 is 1.54 bits per heavy atom. The molecule has 24 heavy (non-hydrogen) atoms. The molecule has 0 aliphatic rings. The molecule has 0 aliphatic heterocycles. The molecular formula is C17H13F4N3. The van der Waals surface area contributed by atoms with E-state index in [0.717, 1.165) is 24.3 Å². The summed E-state index contributed by atoms with van der Waals surface area (Å²) < 4.78 is 51.5. The van der Waals surface area contributed by atoms with Gasteiger partial charge >= 0.3 is 0 Å². The number of hydrogen-bond acceptors (Lipinski definition) is 3. The second kappa shape index (κ2) is 8.14. The Bertz CT molecular complexity index is 735. The molecule has 0 atom stereocenters. The van der Waals surface area contributed by atoms with Crippen LogP contribution >= 0.6 is 0 Å². The van der Waals surface area contributed by atoms with Crippen LogP contribution < -0.4 is 0 Å². The van der Waals surface area contributed by atoms with Gasteiger partial charge in [-0.1, -0.05) is 12.1 Å². The number of nitrogens with one attached hydrogen (secondary N) is 1. The van der Waals surface area contributed by atoms with E-state index in [1.54, 1.807) is 0 Å². The fraction of sp³-hybridized carbons (Fsp3) is 0.118. The van der Waals surface area contributed by atoms with Crippen LogP contribution in [0.1, 0.15) is 11.1 Å². The molecule has 1 N–H and O–H groups in total. The van der Waals surface area contributed by atoms with Gasteiger partial charge in [0.25, 0.3) is 0 Å². The van der Waals surface area contributed by atoms with E-state index in [1.807, 2.05) is 0 Å². The lowest BCUT2D eigenvalue weighted by molar-refractivity contribution is 0.508. The van der Waals surface area contributed by atoms with Crippen LogP contribution in [0.2, 0.25) is 0 Å². The number of benzene rings is 2. The number of halogens is 4. The summed E-state index contributed by atoms with van der Waals surface area (Å²) >= 11 is 0. The van der Waals surface area contributed by atoms with E-state index >= 15 is 0 Å². The van der Waals surface area contributed by atoms with Gasteiger partial charge in [0.2, 0.25) is 0 Å². The van der Waals surface area contributed by atoms with Crippen molar-refractivity contribution in [3.8, 4) is 0 Å². The van der Waals surface area contributed by atoms with Crippen molar-refractivity contribution in [2.45, 2.75) is 0 Å². The predicted molar refractivity (Wildman–Crippen MR) is 85.4 cm³/mol. The molecule has 0 aromatic heterocycles. The van der Waals surface area contributed by atoms with Crippen LogP contribution in [0, 0.1) is 28.7 Å². The smallest absolute Gasteiger partial charge is 0.159 e. The maximum absolute atomic E-state index is 13.0. The molecule has 2 aromatic carbocycles. The zero-order valence-corrected chi connectivity index (χ0v) is 12.4. The molecule has 0 saturated heterocycles. The van der Waals surface area contributed by atoms with Crippen molar-refractivity contribution in [3.05, 3.63) is 70.8 Å². The van der Waals surface area contributed by atoms with Gasteiger partial charge in [0.15, 0.2) is 23.3 Å². The Hall–Kier alpha value is -2.83. The maximum Gasteiger partial charge on any atom is 0.159 e. The normalized spacial score (nSPS) is 11.5. The minimum atomic E-state index is -0.967. The number of aliphatic imine (C=N–C) groups is 2. The summed E-state index contributed by atoms with van der Waals surface area (Å²) in [4.78, 5) is 7.88. The lowest BCUT2D eigenvalue weighted by Crippen LogP contribution is -2.06. The van der Waals surface area contributed by atoms with Gasteiger partial charge in [-0.25, -0.2) is 17.6 Å². The molecule has 124 valence electrons. The molecule has 0 amide bonds. The average molecular weight is 335 g/mol. The summed E-state index contributed by atoms with van der Waals surface area (Å²) in [5.41, 5.74) is 0.937. The molecule has 0 bridgehead atoms. The molecule has 3 nitrogen and oxygen atoms in total. The molecule has 2 rings (SSSR count). The fourth-order valence-corrected chi connectivity index (χ4v) is 1.76. The largest absolute Gasteiger partial charge is 0.306 e. The van der Waals surface area contributed by atoms with E-state index in [-0.39, 0.29) is 18.8 Å². The Labute approximate surface area is 135 Å². The quantitative estimate of drug-likeness (QED) is 0.617. The SMILES string of the molecule is N=C(CN=Cc1ccc(F)c(F)c1)CN=Cc1ccc(F)c(F)c1. The van der Waals surface area contributed by atoms with Crippen molar-refractivity contribution in [1.82, 2.24) is 0 Å². The summed E-state index contributed by atoms with van der Waals surface area (Å²) in [6.45, 7) is 0.0717. The van der Waals surface area contributed by atoms with Crippen LogP contribution in [0.15, 0.2) is 46.4 Å². The Kier molecular flexibility index (Phi) is 5.95. The van der Waals surface area contributed by atoms with Crippen LogP contribution in [0.3, 0.4) is 0 Å². The molecule has 0 fully saturated rings. The lowest BCUT2D eigenvalue weighted by atomic mass is 10.2. The minimum absolute atomic E-state index is 0.0358. The van der Waals surface area contributed by atoms with Gasteiger partial charge in [0, 0.05) is 12.4 Å². The van der Waals surface area contributed by atoms with Gasteiger partial charge in [-0.2, -0.15) is 0 Å². The highest BCUT2D eigenvalue weighted by Gasteiger charge is 2.01. The molecule has 0 aliphatic carbocycles. The molecule has 0 heterocycles. The maximum atomic E-state index is 13.0. The highest BCUT2D eigenvalue weighted by atomic mass is 19.2. The second-order valence-corrected chi connectivity index (χ2v) is 4.89. The van der Waals surface area contributed by atoms with Crippen LogP contribution in [0.25, 0.3) is 0 Å². The van der Waals surface area contributed by atoms with Crippen LogP contribution in [-0.2, 0) is 0 Å². The molecule has 2 aromatic rings. The summed E-state index contributed by atoms with van der Waals surface area (Å²) in [5.74, 6) is -3.81. The first kappa shape index (κ1) is 17.5. The van der Waals surface area contributed by atoms with Gasteiger partial charge in [0.05, 0.1) is 18.8 Å². The van der Waals surface area contributed by atoms with Gasteiger partial charge in [-0.05, 0) is 35.4 Å². The predicted octanol–water partition coefficient (Wildman–Crippen LogP) is 3.80. The molecule has 0 unspecified atom stereocenters. The second-order valence-electron chi connectivity index (χ2n) is 4.89. The van der Waals surface area contributed by atoms with E-state index < -0.39 is 23.3 Å². The topological polar surface area (TPSA) is 48.6 Å². The van der Waals surface area contributed by atoms with Gasteiger partial charge in [0.1, 0.15) is 0 Å². The van der Waals surface area contributed by atoms with Gasteiger partial charge in [-0.15, -0.1) is 0 Å². The van der Waals surface area contributed by atoms with Crippen molar-refractivity contribution < 1.29 is 17.6 Å². The molecule has 0 saturated carbocycles. The lowest BCUT2D eigenvalue weighted by Gasteiger charge is -1.98. The first-order chi connectivity index (χ1) is 11.5. The number of hydrogen-bond donors (Lipinski definition) is 1. The van der Waals surface area contributed by atoms with Gasteiger partial charge in [-0.3, -0.25) is 9.98 Å². The number of rotatable bonds is 6. The third-order valence-corrected chi connectivity index (χ3v) is 2.93. The first-order valence-corrected chi connectivity index (χ1v) is 6.92. The van der Waals surface area contributed by atoms with Crippen LogP contribution in [0.5, 0.6) is 0 Å². The highest BCUT2D eigenvalue weighted by Crippen LogP contribution is 2.07. The summed E-state index contributed by atoms with van der Waals surface area (Å²) in [5, 5.41) is 7.68. The molecular weight excluding hydrogens is 322 g/mol. The highest BCUT2D eigenvalue weighted by molar-refractivity contribution is 5.90. The van der Waals surface area contributed by atoms with Crippen molar-refractivity contribution >= 4 is 18.1 Å². The molecule has 0 spiro atoms. The Morgan fingerprint density at radius 2 is 1.17 bits per heavy atom. The third kappa shape index (κ3) is 5.12. The van der Waals surface area contributed by atoms with Gasteiger partial charge < -0.3 is 5.41 Å².